The highest BCUT2D eigenvalue weighted by Crippen LogP contribution is 2.39. The summed E-state index contributed by atoms with van der Waals surface area (Å²) >= 11 is 0. The largest absolute Gasteiger partial charge is 0.444 e. The molecule has 0 N–H and O–H groups in total. The molecule has 0 radical (unpaired) electrons. The maximum absolute atomic E-state index is 13.7. The summed E-state index contributed by atoms with van der Waals surface area (Å²) < 4.78 is 46.3. The first kappa shape index (κ1) is 22.4. The van der Waals surface area contributed by atoms with Gasteiger partial charge in [0.05, 0.1) is 5.69 Å². The Balaban J connectivity index is 1.92. The quantitative estimate of drug-likeness (QED) is 0.688. The average Bonchev–Trinajstić information content (AvgIpc) is 2.71. The molecule has 2 aromatic rings. The van der Waals surface area contributed by atoms with Crippen molar-refractivity contribution >= 4 is 11.8 Å². The number of nitrogens with zero attached hydrogens (tertiary/aromatic N) is 4. The number of hydrogen-bond acceptors (Lipinski definition) is 5. The number of amides is 1. The number of carbonyl (C=O) groups is 1. The average molecular weight is 432 g/mol. The molecule has 0 unspecified atom stereocenters. The molecule has 0 aliphatic carbocycles. The predicted octanol–water partition coefficient (Wildman–Crippen LogP) is 4.70. The number of ether oxygens (including phenoxy) is 1. The fourth-order valence-electron chi connectivity index (χ4n) is 3.34. The molecule has 0 spiro atoms. The SMILES string of the molecule is CC(C)(C)OC(=O)N1CCN(c2cc(-c3ccccc3)c(C(F)(F)F)nc2C#N)CC1. The zero-order valence-electron chi connectivity index (χ0n) is 17.5. The Morgan fingerprint density at radius 3 is 2.23 bits per heavy atom. The smallest absolute Gasteiger partial charge is 0.434 e. The maximum Gasteiger partial charge on any atom is 0.434 e. The molecular formula is C22H23F3N4O2. The number of piperazine rings is 1. The number of alkyl halides is 3. The van der Waals surface area contributed by atoms with Gasteiger partial charge in [0.25, 0.3) is 0 Å². The van der Waals surface area contributed by atoms with Gasteiger partial charge in [-0.1, -0.05) is 30.3 Å². The minimum Gasteiger partial charge on any atom is -0.444 e. The molecule has 0 bridgehead atoms. The second kappa shape index (κ2) is 8.46. The Bertz CT molecular complexity index is 987. The Morgan fingerprint density at radius 1 is 1.10 bits per heavy atom. The molecule has 1 aromatic carbocycles. The molecule has 9 heteroatoms. The van der Waals surface area contributed by atoms with E-state index in [-0.39, 0.29) is 11.3 Å². The molecule has 0 atom stereocenters. The van der Waals surface area contributed by atoms with Gasteiger partial charge in [0.15, 0.2) is 11.4 Å². The van der Waals surface area contributed by atoms with Crippen molar-refractivity contribution < 1.29 is 22.7 Å². The summed E-state index contributed by atoms with van der Waals surface area (Å²) in [5, 5.41) is 9.48. The number of pyridine rings is 1. The van der Waals surface area contributed by atoms with Crippen molar-refractivity contribution in [2.45, 2.75) is 32.5 Å². The lowest BCUT2D eigenvalue weighted by molar-refractivity contribution is -0.140. The lowest BCUT2D eigenvalue weighted by Crippen LogP contribution is -2.50. The van der Waals surface area contributed by atoms with Gasteiger partial charge >= 0.3 is 12.3 Å². The standard InChI is InChI=1S/C22H23F3N4O2/c1-21(2,3)31-20(30)29-11-9-28(10-12-29)18-13-16(15-7-5-4-6-8-15)19(22(23,24)25)27-17(18)14-26/h4-8,13H,9-12H2,1-3H3. The molecular weight excluding hydrogens is 409 g/mol. The Hall–Kier alpha value is -3.28. The summed E-state index contributed by atoms with van der Waals surface area (Å²) in [5.41, 5.74) is -1.41. The van der Waals surface area contributed by atoms with Crippen LogP contribution in [-0.4, -0.2) is 47.8 Å². The van der Waals surface area contributed by atoms with E-state index in [4.69, 9.17) is 4.74 Å². The lowest BCUT2D eigenvalue weighted by Gasteiger charge is -2.37. The highest BCUT2D eigenvalue weighted by Gasteiger charge is 2.37. The molecule has 1 fully saturated rings. The van der Waals surface area contributed by atoms with Gasteiger partial charge < -0.3 is 14.5 Å². The first-order chi connectivity index (χ1) is 14.5. The monoisotopic (exact) mass is 432 g/mol. The highest BCUT2D eigenvalue weighted by molar-refractivity contribution is 5.74. The van der Waals surface area contributed by atoms with E-state index in [1.54, 1.807) is 67.0 Å². The van der Waals surface area contributed by atoms with Crippen LogP contribution in [0.4, 0.5) is 23.7 Å². The minimum absolute atomic E-state index is 0.0864. The van der Waals surface area contributed by atoms with Crippen molar-refractivity contribution in [3.8, 4) is 17.2 Å². The number of halogens is 3. The fourth-order valence-corrected chi connectivity index (χ4v) is 3.34. The number of nitriles is 1. The zero-order valence-corrected chi connectivity index (χ0v) is 17.5. The first-order valence-electron chi connectivity index (χ1n) is 9.80. The van der Waals surface area contributed by atoms with Gasteiger partial charge in [-0.05, 0) is 32.4 Å². The molecule has 1 saturated heterocycles. The van der Waals surface area contributed by atoms with Gasteiger partial charge in [0, 0.05) is 31.7 Å². The van der Waals surface area contributed by atoms with Crippen LogP contribution in [0.1, 0.15) is 32.2 Å². The van der Waals surface area contributed by atoms with E-state index >= 15 is 0 Å². The van der Waals surface area contributed by atoms with Crippen LogP contribution < -0.4 is 4.90 Å². The molecule has 1 aliphatic heterocycles. The van der Waals surface area contributed by atoms with Gasteiger partial charge in [-0.2, -0.15) is 18.4 Å². The number of benzene rings is 1. The molecule has 2 heterocycles. The van der Waals surface area contributed by atoms with Crippen molar-refractivity contribution in [1.82, 2.24) is 9.88 Å². The van der Waals surface area contributed by atoms with E-state index in [1.165, 1.54) is 6.07 Å². The highest BCUT2D eigenvalue weighted by atomic mass is 19.4. The molecule has 31 heavy (non-hydrogen) atoms. The molecule has 1 aromatic heterocycles. The van der Waals surface area contributed by atoms with E-state index in [0.717, 1.165) is 0 Å². The number of rotatable bonds is 2. The summed E-state index contributed by atoms with van der Waals surface area (Å²) in [6, 6.07) is 11.3. The summed E-state index contributed by atoms with van der Waals surface area (Å²) in [6.07, 6.45) is -5.15. The van der Waals surface area contributed by atoms with Crippen LogP contribution in [0.2, 0.25) is 0 Å². The van der Waals surface area contributed by atoms with Gasteiger partial charge in [-0.25, -0.2) is 9.78 Å². The third-order valence-corrected chi connectivity index (χ3v) is 4.73. The Kier molecular flexibility index (Phi) is 6.11. The predicted molar refractivity (Wildman–Crippen MR) is 109 cm³/mol. The van der Waals surface area contributed by atoms with E-state index < -0.39 is 23.6 Å². The number of hydrogen-bond donors (Lipinski definition) is 0. The molecule has 1 amide bonds. The van der Waals surface area contributed by atoms with Crippen LogP contribution in [-0.2, 0) is 10.9 Å². The lowest BCUT2D eigenvalue weighted by atomic mass is 10.0. The van der Waals surface area contributed by atoms with Gasteiger partial charge in [-0.3, -0.25) is 0 Å². The summed E-state index contributed by atoms with van der Waals surface area (Å²) in [5.74, 6) is 0. The van der Waals surface area contributed by atoms with E-state index in [1.807, 2.05) is 0 Å². The van der Waals surface area contributed by atoms with E-state index in [2.05, 4.69) is 4.98 Å². The number of anilines is 1. The van der Waals surface area contributed by atoms with Crippen molar-refractivity contribution in [2.24, 2.45) is 0 Å². The van der Waals surface area contributed by atoms with Crippen molar-refractivity contribution in [2.75, 3.05) is 31.1 Å². The topological polar surface area (TPSA) is 69.5 Å². The van der Waals surface area contributed by atoms with Gasteiger partial charge in [0.1, 0.15) is 11.7 Å². The van der Waals surface area contributed by atoms with Crippen molar-refractivity contribution in [1.29, 1.82) is 5.26 Å². The van der Waals surface area contributed by atoms with Crippen molar-refractivity contribution in [3.63, 3.8) is 0 Å². The summed E-state index contributed by atoms with van der Waals surface area (Å²) in [6.45, 7) is 6.66. The fraction of sp³-hybridized carbons (Fsp3) is 0.409. The Labute approximate surface area is 178 Å². The second-order valence-corrected chi connectivity index (χ2v) is 8.18. The van der Waals surface area contributed by atoms with Crippen LogP contribution in [0.15, 0.2) is 36.4 Å². The van der Waals surface area contributed by atoms with Crippen LogP contribution >= 0.6 is 0 Å². The van der Waals surface area contributed by atoms with Crippen LogP contribution in [0.5, 0.6) is 0 Å². The van der Waals surface area contributed by atoms with Crippen LogP contribution in [0.25, 0.3) is 11.1 Å². The first-order valence-corrected chi connectivity index (χ1v) is 9.80. The molecule has 0 saturated carbocycles. The Morgan fingerprint density at radius 2 is 1.71 bits per heavy atom. The third kappa shape index (κ3) is 5.26. The maximum atomic E-state index is 13.7. The number of aromatic nitrogens is 1. The number of carbonyl (C=O) groups excluding carboxylic acids is 1. The van der Waals surface area contributed by atoms with Gasteiger partial charge in [-0.15, -0.1) is 0 Å². The molecule has 1 aliphatic rings. The van der Waals surface area contributed by atoms with E-state index in [9.17, 15) is 23.2 Å². The molecule has 3 rings (SSSR count). The van der Waals surface area contributed by atoms with Crippen LogP contribution in [0.3, 0.4) is 0 Å². The summed E-state index contributed by atoms with van der Waals surface area (Å²) in [4.78, 5) is 19.3. The zero-order chi connectivity index (χ0) is 22.8. The third-order valence-electron chi connectivity index (χ3n) is 4.73. The summed E-state index contributed by atoms with van der Waals surface area (Å²) in [7, 11) is 0. The van der Waals surface area contributed by atoms with E-state index in [0.29, 0.717) is 37.4 Å². The second-order valence-electron chi connectivity index (χ2n) is 8.18. The van der Waals surface area contributed by atoms with Crippen molar-refractivity contribution in [3.05, 3.63) is 47.8 Å². The minimum atomic E-state index is -4.70. The molecule has 6 nitrogen and oxygen atoms in total. The molecule has 164 valence electrons. The van der Waals surface area contributed by atoms with Crippen LogP contribution in [0, 0.1) is 11.3 Å². The normalized spacial score (nSPS) is 14.9. The van der Waals surface area contributed by atoms with Gasteiger partial charge in [0.2, 0.25) is 0 Å².